The van der Waals surface area contributed by atoms with Crippen molar-refractivity contribution < 1.29 is 14.7 Å². The molecule has 1 amide bonds. The van der Waals surface area contributed by atoms with E-state index < -0.39 is 11.9 Å². The molecule has 0 saturated carbocycles. The van der Waals surface area contributed by atoms with Crippen LogP contribution in [0.1, 0.15) is 22.3 Å². The van der Waals surface area contributed by atoms with Crippen molar-refractivity contribution in [3.8, 4) is 11.8 Å². The number of primary amides is 1. The Kier molecular flexibility index (Phi) is 3.92. The van der Waals surface area contributed by atoms with Crippen LogP contribution in [0.15, 0.2) is 18.2 Å². The summed E-state index contributed by atoms with van der Waals surface area (Å²) in [6.45, 7) is 0. The maximum absolute atomic E-state index is 10.7. The van der Waals surface area contributed by atoms with Gasteiger partial charge in [-0.2, -0.15) is 0 Å². The molecule has 0 aliphatic carbocycles. The van der Waals surface area contributed by atoms with E-state index in [1.54, 1.807) is 0 Å². The van der Waals surface area contributed by atoms with Crippen LogP contribution in [0.25, 0.3) is 0 Å². The zero-order chi connectivity index (χ0) is 12.1. The highest BCUT2D eigenvalue weighted by atomic mass is 35.5. The second-order valence-electron chi connectivity index (χ2n) is 2.94. The first-order valence-corrected chi connectivity index (χ1v) is 4.68. The normalized spacial score (nSPS) is 9.06. The molecule has 16 heavy (non-hydrogen) atoms. The van der Waals surface area contributed by atoms with Gasteiger partial charge in [0, 0.05) is 5.56 Å². The van der Waals surface area contributed by atoms with Crippen LogP contribution in [-0.2, 0) is 4.79 Å². The second kappa shape index (κ2) is 5.19. The minimum absolute atomic E-state index is 0.0897. The summed E-state index contributed by atoms with van der Waals surface area (Å²) in [4.78, 5) is 21.1. The second-order valence-corrected chi connectivity index (χ2v) is 3.35. The van der Waals surface area contributed by atoms with E-state index in [0.717, 1.165) is 0 Å². The number of benzene rings is 1. The van der Waals surface area contributed by atoms with Crippen LogP contribution in [0.4, 0.5) is 0 Å². The highest BCUT2D eigenvalue weighted by molar-refractivity contribution is 6.31. The van der Waals surface area contributed by atoms with Gasteiger partial charge >= 0.3 is 5.97 Å². The third-order valence-corrected chi connectivity index (χ3v) is 2.03. The molecule has 1 rings (SSSR count). The average molecular weight is 238 g/mol. The molecule has 0 unspecified atom stereocenters. The van der Waals surface area contributed by atoms with Crippen LogP contribution < -0.4 is 5.73 Å². The van der Waals surface area contributed by atoms with Gasteiger partial charge in [0.05, 0.1) is 17.0 Å². The Balaban J connectivity index is 3.01. The number of carboxylic acid groups (broad SMARTS) is 1. The predicted octanol–water partition coefficient (Wildman–Crippen LogP) is 1.27. The monoisotopic (exact) mass is 237 g/mol. The van der Waals surface area contributed by atoms with Gasteiger partial charge in [-0.1, -0.05) is 23.4 Å². The minimum Gasteiger partial charge on any atom is -0.478 e. The van der Waals surface area contributed by atoms with Crippen molar-refractivity contribution in [3.63, 3.8) is 0 Å². The summed E-state index contributed by atoms with van der Waals surface area (Å²) in [5.41, 5.74) is 5.36. The van der Waals surface area contributed by atoms with Gasteiger partial charge in [-0.25, -0.2) is 4.79 Å². The van der Waals surface area contributed by atoms with Crippen LogP contribution in [-0.4, -0.2) is 17.0 Å². The van der Waals surface area contributed by atoms with Crippen LogP contribution in [0.5, 0.6) is 0 Å². The Hall–Kier alpha value is -1.99. The molecular weight excluding hydrogens is 230 g/mol. The molecule has 1 aromatic carbocycles. The van der Waals surface area contributed by atoms with E-state index in [0.29, 0.717) is 10.6 Å². The van der Waals surface area contributed by atoms with Crippen LogP contribution in [0.3, 0.4) is 0 Å². The maximum atomic E-state index is 10.7. The number of halogens is 1. The highest BCUT2D eigenvalue weighted by Gasteiger charge is 2.05. The molecule has 0 atom stereocenters. The molecule has 3 N–H and O–H groups in total. The standard InChI is InChI=1S/C11H8ClNO3/c12-9-5-4-8(11(15)16)6-7(9)2-1-3-10(13)14/h4-6H,3H2,(H2,13,14)(H,15,16). The predicted molar refractivity (Wildman–Crippen MR) is 59.1 cm³/mol. The first-order valence-electron chi connectivity index (χ1n) is 4.30. The van der Waals surface area contributed by atoms with E-state index in [2.05, 4.69) is 11.8 Å². The molecule has 0 heterocycles. The topological polar surface area (TPSA) is 80.4 Å². The Morgan fingerprint density at radius 3 is 2.69 bits per heavy atom. The molecule has 0 aliphatic heterocycles. The lowest BCUT2D eigenvalue weighted by molar-refractivity contribution is -0.117. The van der Waals surface area contributed by atoms with Gasteiger partial charge in [0.1, 0.15) is 0 Å². The first kappa shape index (κ1) is 12.1. The van der Waals surface area contributed by atoms with E-state index in [1.807, 2.05) is 0 Å². The van der Waals surface area contributed by atoms with Crippen LogP contribution in [0, 0.1) is 11.8 Å². The van der Waals surface area contributed by atoms with Crippen LogP contribution in [0.2, 0.25) is 5.02 Å². The number of hydrogen-bond donors (Lipinski definition) is 2. The zero-order valence-electron chi connectivity index (χ0n) is 8.16. The number of rotatable bonds is 2. The molecule has 5 heteroatoms. The summed E-state index contributed by atoms with van der Waals surface area (Å²) in [6, 6.07) is 4.17. The summed E-state index contributed by atoms with van der Waals surface area (Å²) >= 11 is 5.80. The van der Waals surface area contributed by atoms with E-state index in [1.165, 1.54) is 18.2 Å². The number of aromatic carboxylic acids is 1. The molecule has 82 valence electrons. The molecule has 4 nitrogen and oxygen atoms in total. The third-order valence-electron chi connectivity index (χ3n) is 1.70. The SMILES string of the molecule is NC(=O)CC#Cc1cc(C(=O)O)ccc1Cl. The van der Waals surface area contributed by atoms with Crippen molar-refractivity contribution in [2.24, 2.45) is 5.73 Å². The molecular formula is C11H8ClNO3. The van der Waals surface area contributed by atoms with Crippen molar-refractivity contribution in [1.82, 2.24) is 0 Å². The Labute approximate surface area is 97.0 Å². The van der Waals surface area contributed by atoms with Gasteiger partial charge in [-0.3, -0.25) is 4.79 Å². The number of carboxylic acids is 1. The summed E-state index contributed by atoms with van der Waals surface area (Å²) < 4.78 is 0. The van der Waals surface area contributed by atoms with Crippen molar-refractivity contribution in [3.05, 3.63) is 34.3 Å². The molecule has 0 fully saturated rings. The fraction of sp³-hybridized carbons (Fsp3) is 0.0909. The van der Waals surface area contributed by atoms with Crippen molar-refractivity contribution in [1.29, 1.82) is 0 Å². The molecule has 0 bridgehead atoms. The lowest BCUT2D eigenvalue weighted by Crippen LogP contribution is -2.08. The fourth-order valence-corrected chi connectivity index (χ4v) is 1.15. The van der Waals surface area contributed by atoms with Gasteiger partial charge < -0.3 is 10.8 Å². The third kappa shape index (κ3) is 3.30. The number of amides is 1. The number of carbonyl (C=O) groups excluding carboxylic acids is 1. The van der Waals surface area contributed by atoms with Gasteiger partial charge in [0.15, 0.2) is 0 Å². The summed E-state index contributed by atoms with van der Waals surface area (Å²) in [5, 5.41) is 9.08. The number of carbonyl (C=O) groups is 2. The fourth-order valence-electron chi connectivity index (χ4n) is 0.981. The lowest BCUT2D eigenvalue weighted by Gasteiger charge is -1.98. The summed E-state index contributed by atoms with van der Waals surface area (Å²) in [7, 11) is 0. The smallest absolute Gasteiger partial charge is 0.335 e. The highest BCUT2D eigenvalue weighted by Crippen LogP contribution is 2.16. The Morgan fingerprint density at radius 1 is 1.44 bits per heavy atom. The van der Waals surface area contributed by atoms with Crippen molar-refractivity contribution in [2.45, 2.75) is 6.42 Å². The van der Waals surface area contributed by atoms with Crippen molar-refractivity contribution in [2.75, 3.05) is 0 Å². The van der Waals surface area contributed by atoms with Crippen molar-refractivity contribution >= 4 is 23.5 Å². The Bertz CT molecular complexity index is 500. The number of nitrogens with two attached hydrogens (primary N) is 1. The summed E-state index contributed by atoms with van der Waals surface area (Å²) in [5.74, 6) is 3.50. The van der Waals surface area contributed by atoms with E-state index in [9.17, 15) is 9.59 Å². The summed E-state index contributed by atoms with van der Waals surface area (Å²) in [6.07, 6.45) is -0.0897. The molecule has 0 radical (unpaired) electrons. The average Bonchev–Trinajstić information content (AvgIpc) is 2.20. The molecule has 0 aliphatic rings. The van der Waals surface area contributed by atoms with Gasteiger partial charge in [-0.05, 0) is 18.2 Å². The Morgan fingerprint density at radius 2 is 2.12 bits per heavy atom. The van der Waals surface area contributed by atoms with E-state index in [-0.39, 0.29) is 12.0 Å². The zero-order valence-corrected chi connectivity index (χ0v) is 8.91. The van der Waals surface area contributed by atoms with Crippen LogP contribution >= 0.6 is 11.6 Å². The quantitative estimate of drug-likeness (QED) is 0.760. The van der Waals surface area contributed by atoms with E-state index >= 15 is 0 Å². The van der Waals surface area contributed by atoms with Gasteiger partial charge in [0.25, 0.3) is 0 Å². The molecule has 0 aromatic heterocycles. The molecule has 0 spiro atoms. The lowest BCUT2D eigenvalue weighted by atomic mass is 10.1. The van der Waals surface area contributed by atoms with Gasteiger partial charge in [0.2, 0.25) is 5.91 Å². The van der Waals surface area contributed by atoms with E-state index in [4.69, 9.17) is 22.4 Å². The molecule has 1 aromatic rings. The minimum atomic E-state index is -1.06. The largest absolute Gasteiger partial charge is 0.478 e. The molecule has 0 saturated heterocycles. The maximum Gasteiger partial charge on any atom is 0.335 e. The first-order chi connectivity index (χ1) is 7.50. The number of hydrogen-bond acceptors (Lipinski definition) is 2. The van der Waals surface area contributed by atoms with Gasteiger partial charge in [-0.15, -0.1) is 0 Å².